The summed E-state index contributed by atoms with van der Waals surface area (Å²) in [5.74, 6) is -0.949. The molecule has 0 radical (unpaired) electrons. The second kappa shape index (κ2) is 9.68. The molecule has 8 heteroatoms. The van der Waals surface area contributed by atoms with Gasteiger partial charge in [-0.2, -0.15) is 0 Å². The van der Waals surface area contributed by atoms with Crippen LogP contribution in [0.4, 0.5) is 10.1 Å². The zero-order valence-corrected chi connectivity index (χ0v) is 16.8. The minimum atomic E-state index is -0.680. The number of ether oxygens (including phenoxy) is 1. The molecule has 0 heterocycles. The van der Waals surface area contributed by atoms with Gasteiger partial charge in [-0.05, 0) is 62.2 Å². The lowest BCUT2D eigenvalue weighted by molar-refractivity contribution is -0.110. The number of methoxy groups -OCH3 is 1. The minimum absolute atomic E-state index is 0.245. The highest BCUT2D eigenvalue weighted by molar-refractivity contribution is 6.32. The number of nitrogens with zero attached hydrogens (tertiary/aromatic N) is 2. The maximum atomic E-state index is 13.9. The number of rotatable bonds is 7. The Morgan fingerprint density at radius 1 is 1.24 bits per heavy atom. The number of amides is 2. The Bertz CT molecular complexity index is 940. The highest BCUT2D eigenvalue weighted by Gasteiger charge is 2.22. The Morgan fingerprint density at radius 3 is 2.52 bits per heavy atom. The van der Waals surface area contributed by atoms with Gasteiger partial charge >= 0.3 is 0 Å². The van der Waals surface area contributed by atoms with Crippen LogP contribution in [0.2, 0.25) is 0 Å². The van der Waals surface area contributed by atoms with Crippen LogP contribution in [0.25, 0.3) is 11.1 Å². The van der Waals surface area contributed by atoms with Crippen molar-refractivity contribution < 1.29 is 23.9 Å². The molecule has 0 atom stereocenters. The van der Waals surface area contributed by atoms with Gasteiger partial charge in [0.2, 0.25) is 0 Å². The van der Waals surface area contributed by atoms with Crippen LogP contribution in [0.15, 0.2) is 35.5 Å². The molecule has 0 aliphatic heterocycles. The summed E-state index contributed by atoms with van der Waals surface area (Å²) in [5.41, 5.74) is 2.19. The van der Waals surface area contributed by atoms with E-state index in [1.807, 2.05) is 13.8 Å². The molecule has 0 unspecified atom stereocenters. The van der Waals surface area contributed by atoms with Gasteiger partial charge in [0.1, 0.15) is 17.8 Å². The summed E-state index contributed by atoms with van der Waals surface area (Å²) in [5, 5.41) is 13.9. The standard InChI is InChI=1S/C21H24FN3O4/c1-5-25(6-2)21(27)17-10-14(16-11-15(22)7-8-18(16)29-4)9-13(3)20(17)24-19(26)12-23-28/h7-12,28H,5-6H2,1-4H3,(H,24,26)/b23-12+. The van der Waals surface area contributed by atoms with E-state index in [4.69, 9.17) is 9.94 Å². The third kappa shape index (κ3) is 4.90. The van der Waals surface area contributed by atoms with Gasteiger partial charge in [-0.15, -0.1) is 0 Å². The van der Waals surface area contributed by atoms with Crippen molar-refractivity contribution in [3.63, 3.8) is 0 Å². The number of nitrogens with one attached hydrogen (secondary N) is 1. The Labute approximate surface area is 168 Å². The average molecular weight is 401 g/mol. The number of halogens is 1. The quantitative estimate of drug-likeness (QED) is 0.421. The Balaban J connectivity index is 2.70. The van der Waals surface area contributed by atoms with Crippen molar-refractivity contribution in [3.8, 4) is 16.9 Å². The monoisotopic (exact) mass is 401 g/mol. The third-order valence-electron chi connectivity index (χ3n) is 4.51. The van der Waals surface area contributed by atoms with Gasteiger partial charge in [-0.3, -0.25) is 9.59 Å². The normalized spacial score (nSPS) is 10.8. The van der Waals surface area contributed by atoms with Crippen molar-refractivity contribution in [2.24, 2.45) is 5.16 Å². The smallest absolute Gasteiger partial charge is 0.270 e. The van der Waals surface area contributed by atoms with Crippen LogP contribution in [0.1, 0.15) is 29.8 Å². The molecule has 154 valence electrons. The van der Waals surface area contributed by atoms with E-state index in [0.717, 1.165) is 0 Å². The lowest BCUT2D eigenvalue weighted by Gasteiger charge is -2.22. The lowest BCUT2D eigenvalue weighted by atomic mass is 9.96. The number of anilines is 1. The number of benzene rings is 2. The summed E-state index contributed by atoms with van der Waals surface area (Å²) in [6.07, 6.45) is 0.703. The molecule has 7 nitrogen and oxygen atoms in total. The number of hydrogen-bond donors (Lipinski definition) is 2. The molecule has 2 N–H and O–H groups in total. The molecule has 0 bridgehead atoms. The van der Waals surface area contributed by atoms with E-state index >= 15 is 0 Å². The zero-order chi connectivity index (χ0) is 21.6. The van der Waals surface area contributed by atoms with Gasteiger partial charge in [0.15, 0.2) is 0 Å². The molecule has 0 aliphatic rings. The van der Waals surface area contributed by atoms with E-state index in [9.17, 15) is 14.0 Å². The summed E-state index contributed by atoms with van der Waals surface area (Å²) < 4.78 is 19.2. The summed E-state index contributed by atoms with van der Waals surface area (Å²) in [6.45, 7) is 6.38. The molecule has 0 saturated heterocycles. The Kier molecular flexibility index (Phi) is 7.30. The van der Waals surface area contributed by atoms with Crippen molar-refractivity contribution in [1.82, 2.24) is 4.90 Å². The van der Waals surface area contributed by atoms with E-state index in [0.29, 0.717) is 47.4 Å². The molecule has 0 aromatic heterocycles. The number of hydrogen-bond acceptors (Lipinski definition) is 5. The number of carbonyl (C=O) groups is 2. The van der Waals surface area contributed by atoms with Crippen LogP contribution < -0.4 is 10.1 Å². The molecule has 0 fully saturated rings. The molecular weight excluding hydrogens is 377 g/mol. The topological polar surface area (TPSA) is 91.2 Å². The summed E-state index contributed by atoms with van der Waals surface area (Å²) in [6, 6.07) is 7.45. The maximum absolute atomic E-state index is 13.9. The Morgan fingerprint density at radius 2 is 1.93 bits per heavy atom. The highest BCUT2D eigenvalue weighted by atomic mass is 19.1. The zero-order valence-electron chi connectivity index (χ0n) is 16.8. The fourth-order valence-electron chi connectivity index (χ4n) is 3.07. The van der Waals surface area contributed by atoms with E-state index in [1.165, 1.54) is 25.3 Å². The lowest BCUT2D eigenvalue weighted by Crippen LogP contribution is -2.31. The number of oxime groups is 1. The largest absolute Gasteiger partial charge is 0.496 e. The summed E-state index contributed by atoms with van der Waals surface area (Å²) in [7, 11) is 1.48. The maximum Gasteiger partial charge on any atom is 0.270 e. The van der Waals surface area contributed by atoms with Crippen molar-refractivity contribution in [3.05, 3.63) is 47.3 Å². The SMILES string of the molecule is CCN(CC)C(=O)c1cc(-c2cc(F)ccc2OC)cc(C)c1NC(=O)/C=N/O. The van der Waals surface area contributed by atoms with Gasteiger partial charge in [0.05, 0.1) is 18.4 Å². The van der Waals surface area contributed by atoms with Gasteiger partial charge in [0.25, 0.3) is 11.8 Å². The van der Waals surface area contributed by atoms with Crippen LogP contribution in [0.3, 0.4) is 0 Å². The molecule has 0 saturated carbocycles. The fourth-order valence-corrected chi connectivity index (χ4v) is 3.07. The predicted molar refractivity (Wildman–Crippen MR) is 109 cm³/mol. The molecule has 2 rings (SSSR count). The molecular formula is C21H24FN3O4. The van der Waals surface area contributed by atoms with Crippen LogP contribution in [-0.2, 0) is 4.79 Å². The highest BCUT2D eigenvalue weighted by Crippen LogP contribution is 2.35. The average Bonchev–Trinajstić information content (AvgIpc) is 2.70. The van der Waals surface area contributed by atoms with Crippen molar-refractivity contribution in [1.29, 1.82) is 0 Å². The van der Waals surface area contributed by atoms with Crippen LogP contribution >= 0.6 is 0 Å². The first-order chi connectivity index (χ1) is 13.9. The van der Waals surface area contributed by atoms with Gasteiger partial charge < -0.3 is 20.2 Å². The molecule has 0 spiro atoms. The molecule has 2 aromatic carbocycles. The first-order valence-corrected chi connectivity index (χ1v) is 9.12. The van der Waals surface area contributed by atoms with E-state index in [1.54, 1.807) is 24.0 Å². The molecule has 2 amide bonds. The molecule has 2 aromatic rings. The fraction of sp³-hybridized carbons (Fsp3) is 0.286. The number of aryl methyl sites for hydroxylation is 1. The second-order valence-electron chi connectivity index (χ2n) is 6.27. The van der Waals surface area contributed by atoms with Crippen molar-refractivity contribution >= 4 is 23.7 Å². The second-order valence-corrected chi connectivity index (χ2v) is 6.27. The van der Waals surface area contributed by atoms with Gasteiger partial charge in [-0.1, -0.05) is 5.16 Å². The van der Waals surface area contributed by atoms with E-state index < -0.39 is 11.7 Å². The molecule has 29 heavy (non-hydrogen) atoms. The van der Waals surface area contributed by atoms with Crippen LogP contribution in [0, 0.1) is 12.7 Å². The van der Waals surface area contributed by atoms with E-state index in [2.05, 4.69) is 10.5 Å². The Hall–Kier alpha value is -3.42. The third-order valence-corrected chi connectivity index (χ3v) is 4.51. The van der Waals surface area contributed by atoms with Gasteiger partial charge in [0, 0.05) is 18.7 Å². The van der Waals surface area contributed by atoms with Gasteiger partial charge in [-0.25, -0.2) is 4.39 Å². The van der Waals surface area contributed by atoms with Crippen LogP contribution in [0.5, 0.6) is 5.75 Å². The first-order valence-electron chi connectivity index (χ1n) is 9.12. The number of carbonyl (C=O) groups excluding carboxylic acids is 2. The summed E-state index contributed by atoms with van der Waals surface area (Å²) >= 11 is 0. The molecule has 0 aliphatic carbocycles. The summed E-state index contributed by atoms with van der Waals surface area (Å²) in [4.78, 5) is 26.7. The van der Waals surface area contributed by atoms with Crippen molar-refractivity contribution in [2.75, 3.05) is 25.5 Å². The first kappa shape index (κ1) is 21.9. The predicted octanol–water partition coefficient (Wildman–Crippen LogP) is 3.69. The van der Waals surface area contributed by atoms with Crippen LogP contribution in [-0.4, -0.2) is 48.3 Å². The van der Waals surface area contributed by atoms with Crippen molar-refractivity contribution in [2.45, 2.75) is 20.8 Å². The van der Waals surface area contributed by atoms with E-state index in [-0.39, 0.29) is 11.5 Å². The minimum Gasteiger partial charge on any atom is -0.496 e.